The molecule has 2 aromatic carbocycles. The standard InChI is InChI=1S/C22H22N4OS/c1-4-15-5-10-20-16(11-15)12-17(13-23)22(25-20)28-14-21(27)24-18-6-8-19(9-7-18)26(2)3/h5-12H,4,14H2,1-3H3,(H,24,27). The van der Waals surface area contributed by atoms with Crippen LogP contribution in [-0.4, -0.2) is 30.7 Å². The molecule has 28 heavy (non-hydrogen) atoms. The highest BCUT2D eigenvalue weighted by atomic mass is 32.2. The molecule has 0 aliphatic carbocycles. The fraction of sp³-hybridized carbons (Fsp3) is 0.227. The minimum atomic E-state index is -0.130. The number of nitriles is 1. The molecule has 1 N–H and O–H groups in total. The van der Waals surface area contributed by atoms with Gasteiger partial charge in [-0.3, -0.25) is 4.79 Å². The molecular formula is C22H22N4OS. The molecule has 0 radical (unpaired) electrons. The highest BCUT2D eigenvalue weighted by Gasteiger charge is 2.11. The average molecular weight is 391 g/mol. The Bertz CT molecular complexity index is 1040. The lowest BCUT2D eigenvalue weighted by Crippen LogP contribution is -2.14. The van der Waals surface area contributed by atoms with Gasteiger partial charge in [0.15, 0.2) is 0 Å². The van der Waals surface area contributed by atoms with Crippen molar-refractivity contribution >= 4 is 39.9 Å². The van der Waals surface area contributed by atoms with Crippen molar-refractivity contribution in [2.24, 2.45) is 0 Å². The number of pyridine rings is 1. The van der Waals surface area contributed by atoms with Crippen LogP contribution in [0.2, 0.25) is 0 Å². The summed E-state index contributed by atoms with van der Waals surface area (Å²) >= 11 is 1.28. The fourth-order valence-corrected chi connectivity index (χ4v) is 3.56. The van der Waals surface area contributed by atoms with Gasteiger partial charge in [-0.2, -0.15) is 5.26 Å². The Hall–Kier alpha value is -3.04. The average Bonchev–Trinajstić information content (AvgIpc) is 2.71. The summed E-state index contributed by atoms with van der Waals surface area (Å²) in [5, 5.41) is 13.9. The number of rotatable bonds is 6. The lowest BCUT2D eigenvalue weighted by molar-refractivity contribution is -0.113. The summed E-state index contributed by atoms with van der Waals surface area (Å²) in [5.74, 6) is 0.0603. The first-order chi connectivity index (χ1) is 13.5. The second-order valence-corrected chi connectivity index (χ2v) is 7.58. The molecule has 5 nitrogen and oxygen atoms in total. The molecule has 3 rings (SSSR count). The van der Waals surface area contributed by atoms with E-state index in [9.17, 15) is 10.1 Å². The number of hydrogen-bond donors (Lipinski definition) is 1. The Morgan fingerprint density at radius 1 is 1.18 bits per heavy atom. The van der Waals surface area contributed by atoms with Gasteiger partial charge in [0.05, 0.1) is 16.8 Å². The number of amides is 1. The number of anilines is 2. The van der Waals surface area contributed by atoms with Gasteiger partial charge >= 0.3 is 0 Å². The van der Waals surface area contributed by atoms with Crippen LogP contribution in [0.4, 0.5) is 11.4 Å². The molecule has 1 aromatic heterocycles. The number of benzene rings is 2. The largest absolute Gasteiger partial charge is 0.378 e. The Labute approximate surface area is 169 Å². The van der Waals surface area contributed by atoms with Crippen LogP contribution >= 0.6 is 11.8 Å². The van der Waals surface area contributed by atoms with Crippen LogP contribution in [0.1, 0.15) is 18.1 Å². The first-order valence-electron chi connectivity index (χ1n) is 9.04. The zero-order valence-corrected chi connectivity index (χ0v) is 17.0. The third-order valence-electron chi connectivity index (χ3n) is 4.38. The third kappa shape index (κ3) is 4.62. The maximum atomic E-state index is 12.3. The van der Waals surface area contributed by atoms with Crippen LogP contribution in [0.15, 0.2) is 53.6 Å². The molecule has 0 saturated carbocycles. The maximum absolute atomic E-state index is 12.3. The lowest BCUT2D eigenvalue weighted by Gasteiger charge is -2.13. The zero-order valence-electron chi connectivity index (χ0n) is 16.2. The monoisotopic (exact) mass is 390 g/mol. The number of fused-ring (bicyclic) bond motifs is 1. The van der Waals surface area contributed by atoms with Gasteiger partial charge in [-0.15, -0.1) is 0 Å². The molecule has 142 valence electrons. The van der Waals surface area contributed by atoms with Crippen molar-refractivity contribution in [3.05, 3.63) is 59.7 Å². The van der Waals surface area contributed by atoms with Crippen molar-refractivity contribution in [3.63, 3.8) is 0 Å². The highest BCUT2D eigenvalue weighted by molar-refractivity contribution is 8.00. The van der Waals surface area contributed by atoms with E-state index in [0.29, 0.717) is 10.6 Å². The Kier molecular flexibility index (Phi) is 6.17. The van der Waals surface area contributed by atoms with Gasteiger partial charge in [0.2, 0.25) is 5.91 Å². The predicted octanol–water partition coefficient (Wildman–Crippen LogP) is 4.47. The van der Waals surface area contributed by atoms with Crippen molar-refractivity contribution in [1.82, 2.24) is 4.98 Å². The van der Waals surface area contributed by atoms with E-state index in [-0.39, 0.29) is 11.7 Å². The van der Waals surface area contributed by atoms with Crippen LogP contribution in [0.25, 0.3) is 10.9 Å². The van der Waals surface area contributed by atoms with E-state index in [1.54, 1.807) is 0 Å². The number of nitrogens with zero attached hydrogens (tertiary/aromatic N) is 3. The summed E-state index contributed by atoms with van der Waals surface area (Å²) in [5.41, 5.74) is 4.35. The summed E-state index contributed by atoms with van der Waals surface area (Å²) in [4.78, 5) is 18.9. The summed E-state index contributed by atoms with van der Waals surface area (Å²) < 4.78 is 0. The van der Waals surface area contributed by atoms with Crippen LogP contribution in [0, 0.1) is 11.3 Å². The van der Waals surface area contributed by atoms with E-state index in [1.165, 1.54) is 17.3 Å². The van der Waals surface area contributed by atoms with E-state index in [4.69, 9.17) is 0 Å². The van der Waals surface area contributed by atoms with E-state index in [0.717, 1.165) is 28.7 Å². The summed E-state index contributed by atoms with van der Waals surface area (Å²) in [6.07, 6.45) is 0.935. The summed E-state index contributed by atoms with van der Waals surface area (Å²) in [6, 6.07) is 17.8. The molecule has 1 heterocycles. The molecule has 1 amide bonds. The summed E-state index contributed by atoms with van der Waals surface area (Å²) in [6.45, 7) is 2.09. The van der Waals surface area contributed by atoms with Crippen molar-refractivity contribution < 1.29 is 4.79 Å². The molecule has 0 fully saturated rings. The molecule has 0 bridgehead atoms. The number of hydrogen-bond acceptors (Lipinski definition) is 5. The Morgan fingerprint density at radius 2 is 1.93 bits per heavy atom. The molecule has 0 unspecified atom stereocenters. The number of nitrogens with one attached hydrogen (secondary N) is 1. The SMILES string of the molecule is CCc1ccc2nc(SCC(=O)Nc3ccc(N(C)C)cc3)c(C#N)cc2c1. The van der Waals surface area contributed by atoms with Crippen LogP contribution < -0.4 is 10.2 Å². The van der Waals surface area contributed by atoms with Gasteiger partial charge < -0.3 is 10.2 Å². The Balaban J connectivity index is 1.70. The molecule has 0 atom stereocenters. The van der Waals surface area contributed by atoms with Crippen LogP contribution in [0.3, 0.4) is 0 Å². The van der Waals surface area contributed by atoms with Gasteiger partial charge in [0, 0.05) is 30.9 Å². The molecule has 3 aromatic rings. The third-order valence-corrected chi connectivity index (χ3v) is 5.37. The molecule has 0 aliphatic rings. The normalized spacial score (nSPS) is 10.5. The van der Waals surface area contributed by atoms with Gasteiger partial charge in [-0.1, -0.05) is 24.8 Å². The minimum absolute atomic E-state index is 0.130. The van der Waals surface area contributed by atoms with E-state index in [2.05, 4.69) is 29.4 Å². The lowest BCUT2D eigenvalue weighted by atomic mass is 10.1. The number of carbonyl (C=O) groups is 1. The fourth-order valence-electron chi connectivity index (χ4n) is 2.79. The zero-order chi connectivity index (χ0) is 20.1. The second-order valence-electron chi connectivity index (χ2n) is 6.61. The topological polar surface area (TPSA) is 69.0 Å². The minimum Gasteiger partial charge on any atom is -0.378 e. The smallest absolute Gasteiger partial charge is 0.234 e. The molecule has 6 heteroatoms. The molecular weight excluding hydrogens is 368 g/mol. The van der Waals surface area contributed by atoms with E-state index >= 15 is 0 Å². The van der Waals surface area contributed by atoms with Gasteiger partial charge in [0.25, 0.3) is 0 Å². The number of aromatic nitrogens is 1. The number of thioether (sulfide) groups is 1. The first-order valence-corrected chi connectivity index (χ1v) is 10.0. The van der Waals surface area contributed by atoms with E-state index in [1.807, 2.05) is 61.5 Å². The molecule has 0 saturated heterocycles. The summed E-state index contributed by atoms with van der Waals surface area (Å²) in [7, 11) is 3.94. The van der Waals surface area contributed by atoms with Crippen molar-refractivity contribution in [2.45, 2.75) is 18.4 Å². The number of aryl methyl sites for hydroxylation is 1. The highest BCUT2D eigenvalue weighted by Crippen LogP contribution is 2.26. The molecule has 0 aliphatic heterocycles. The first kappa shape index (κ1) is 19.7. The van der Waals surface area contributed by atoms with Gasteiger partial charge in [-0.05, 0) is 54.4 Å². The van der Waals surface area contributed by atoms with Gasteiger partial charge in [-0.25, -0.2) is 4.98 Å². The van der Waals surface area contributed by atoms with Crippen molar-refractivity contribution in [3.8, 4) is 6.07 Å². The maximum Gasteiger partial charge on any atom is 0.234 e. The van der Waals surface area contributed by atoms with Crippen LogP contribution in [0.5, 0.6) is 0 Å². The van der Waals surface area contributed by atoms with Crippen LogP contribution in [-0.2, 0) is 11.2 Å². The van der Waals surface area contributed by atoms with Crippen molar-refractivity contribution in [2.75, 3.05) is 30.1 Å². The predicted molar refractivity (Wildman–Crippen MR) is 116 cm³/mol. The van der Waals surface area contributed by atoms with Crippen molar-refractivity contribution in [1.29, 1.82) is 5.26 Å². The Morgan fingerprint density at radius 3 is 2.57 bits per heavy atom. The second kappa shape index (κ2) is 8.77. The number of carbonyl (C=O) groups excluding carboxylic acids is 1. The van der Waals surface area contributed by atoms with Gasteiger partial charge in [0.1, 0.15) is 11.1 Å². The molecule has 0 spiro atoms. The quantitative estimate of drug-likeness (QED) is 0.629. The van der Waals surface area contributed by atoms with E-state index < -0.39 is 0 Å².